The molecule has 0 radical (unpaired) electrons. The predicted molar refractivity (Wildman–Crippen MR) is 243 cm³/mol. The number of unbranched alkanes of at least 4 members (excludes halogenated alkanes) is 3. The van der Waals surface area contributed by atoms with E-state index in [1.165, 1.54) is 12.1 Å². The zero-order valence-electron chi connectivity index (χ0n) is 36.4. The number of hydrogen-bond acceptors (Lipinski definition) is 12. The largest absolute Gasteiger partial charge is 0.482 e. The van der Waals surface area contributed by atoms with Gasteiger partial charge in [0.05, 0.1) is 16.1 Å². The molecule has 0 bridgehead atoms. The van der Waals surface area contributed by atoms with E-state index in [1.807, 2.05) is 18.7 Å². The van der Waals surface area contributed by atoms with Crippen LogP contribution >= 0.6 is 23.2 Å². The van der Waals surface area contributed by atoms with Crippen LogP contribution in [-0.2, 0) is 14.4 Å². The van der Waals surface area contributed by atoms with Gasteiger partial charge in [-0.25, -0.2) is 4.39 Å². The highest BCUT2D eigenvalue weighted by Gasteiger charge is 2.45. The maximum atomic E-state index is 14.1. The second-order valence-corrected chi connectivity index (χ2v) is 17.3. The van der Waals surface area contributed by atoms with Crippen molar-refractivity contribution >= 4 is 81.7 Å². The first-order chi connectivity index (χ1) is 31.5. The molecule has 20 heteroatoms. The molecule has 0 aliphatic carbocycles. The van der Waals surface area contributed by atoms with Gasteiger partial charge >= 0.3 is 0 Å². The summed E-state index contributed by atoms with van der Waals surface area (Å²) >= 11 is 12.4. The van der Waals surface area contributed by atoms with Gasteiger partial charge in [0.25, 0.3) is 23.6 Å². The van der Waals surface area contributed by atoms with Crippen molar-refractivity contribution < 1.29 is 42.7 Å². The summed E-state index contributed by atoms with van der Waals surface area (Å²) in [5.41, 5.74) is 7.74. The van der Waals surface area contributed by atoms with E-state index in [0.29, 0.717) is 49.4 Å². The molecule has 4 heterocycles. The maximum absolute atomic E-state index is 14.1. The summed E-state index contributed by atoms with van der Waals surface area (Å²) < 4.78 is 20.0. The van der Waals surface area contributed by atoms with Crippen molar-refractivity contribution in [3.63, 3.8) is 0 Å². The number of piperidine rings is 1. The molecule has 0 spiro atoms. The van der Waals surface area contributed by atoms with E-state index in [2.05, 4.69) is 26.1 Å². The summed E-state index contributed by atoms with van der Waals surface area (Å²) in [7, 11) is 0. The van der Waals surface area contributed by atoms with Crippen molar-refractivity contribution in [3.8, 4) is 5.75 Å². The molecule has 1 unspecified atom stereocenters. The van der Waals surface area contributed by atoms with E-state index in [1.54, 1.807) is 54.3 Å². The standard InChI is InChI=1S/C46H48Cl2FN9O8/c1-24-22-56(44(63)27-12-14-28(15-13-27)52-42(61)33-21-35(41(50)55-54-33)66-26(3)38-30(47)16-17-31(49)40(38)48)23-25(2)57(24)37(60)11-6-4-5-7-20-51-32-10-8-9-29-39(32)46(65)58(45(29)64)34-18-19-36(59)53-43(34)62/h8-10,12-17,21,24-26,34,51H,4-7,11,18-20,22-23H2,1-3H3,(H2,50,55)(H,52,61)(H,53,59,62)/t24-,25+,26-,34?/m1/s1. The maximum Gasteiger partial charge on any atom is 0.276 e. The zero-order valence-corrected chi connectivity index (χ0v) is 37.9. The van der Waals surface area contributed by atoms with Crippen LogP contribution < -0.4 is 26.4 Å². The average molecular weight is 945 g/mol. The molecule has 4 aromatic rings. The highest BCUT2D eigenvalue weighted by Crippen LogP contribution is 2.36. The number of nitrogens with zero attached hydrogens (tertiary/aromatic N) is 5. The number of anilines is 3. The topological polar surface area (TPSA) is 226 Å². The van der Waals surface area contributed by atoms with Crippen molar-refractivity contribution in [1.82, 2.24) is 30.2 Å². The van der Waals surface area contributed by atoms with Crippen LogP contribution in [0.4, 0.5) is 21.6 Å². The number of rotatable bonds is 15. The van der Waals surface area contributed by atoms with Crippen LogP contribution in [-0.4, -0.2) is 104 Å². The Bertz CT molecular complexity index is 2590. The second kappa shape index (κ2) is 20.2. The summed E-state index contributed by atoms with van der Waals surface area (Å²) in [6.07, 6.45) is 2.66. The van der Waals surface area contributed by atoms with Crippen molar-refractivity contribution in [2.45, 2.75) is 89.9 Å². The number of aromatic nitrogens is 2. The Kier molecular flexibility index (Phi) is 14.5. The van der Waals surface area contributed by atoms with E-state index in [0.717, 1.165) is 30.2 Å². The Hall–Kier alpha value is -6.66. The number of amides is 7. The lowest BCUT2D eigenvalue weighted by Gasteiger charge is -2.44. The number of imide groups is 2. The molecule has 346 valence electrons. The van der Waals surface area contributed by atoms with Gasteiger partial charge in [0.2, 0.25) is 17.7 Å². The van der Waals surface area contributed by atoms with Crippen LogP contribution in [0.15, 0.2) is 60.7 Å². The molecule has 0 saturated carbocycles. The van der Waals surface area contributed by atoms with E-state index >= 15 is 0 Å². The summed E-state index contributed by atoms with van der Waals surface area (Å²) in [6, 6.07) is 13.6. The van der Waals surface area contributed by atoms with Crippen LogP contribution in [0.25, 0.3) is 0 Å². The Morgan fingerprint density at radius 2 is 1.65 bits per heavy atom. The molecule has 2 fully saturated rings. The predicted octanol–water partition coefficient (Wildman–Crippen LogP) is 6.42. The monoisotopic (exact) mass is 943 g/mol. The van der Waals surface area contributed by atoms with Crippen LogP contribution in [0.3, 0.4) is 0 Å². The number of nitrogen functional groups attached to an aromatic ring is 1. The number of nitrogens with one attached hydrogen (secondary N) is 3. The quantitative estimate of drug-likeness (QED) is 0.0575. The zero-order chi connectivity index (χ0) is 47.4. The number of fused-ring (bicyclic) bond motifs is 1. The highest BCUT2D eigenvalue weighted by atomic mass is 35.5. The van der Waals surface area contributed by atoms with Crippen molar-refractivity contribution in [3.05, 3.63) is 104 Å². The van der Waals surface area contributed by atoms with Gasteiger partial charge < -0.3 is 30.9 Å². The Morgan fingerprint density at radius 3 is 2.36 bits per heavy atom. The number of benzene rings is 3. The van der Waals surface area contributed by atoms with Gasteiger partial charge in [-0.2, -0.15) is 0 Å². The first kappa shape index (κ1) is 47.3. The lowest BCUT2D eigenvalue weighted by molar-refractivity contribution is -0.139. The fourth-order valence-electron chi connectivity index (χ4n) is 8.58. The minimum absolute atomic E-state index is 0.00411. The number of halogens is 3. The summed E-state index contributed by atoms with van der Waals surface area (Å²) in [4.78, 5) is 95.2. The fourth-order valence-corrected chi connectivity index (χ4v) is 9.26. The molecule has 3 aromatic carbocycles. The third kappa shape index (κ3) is 10.1. The van der Waals surface area contributed by atoms with Crippen molar-refractivity contribution in [1.29, 1.82) is 0 Å². The van der Waals surface area contributed by atoms with E-state index in [9.17, 15) is 38.0 Å². The average Bonchev–Trinajstić information content (AvgIpc) is 3.53. The third-order valence-electron chi connectivity index (χ3n) is 11.8. The minimum atomic E-state index is -1.04. The van der Waals surface area contributed by atoms with Gasteiger partial charge in [0, 0.05) is 78.2 Å². The molecule has 3 aliphatic heterocycles. The number of hydrogen-bond donors (Lipinski definition) is 4. The number of ether oxygens (including phenoxy) is 1. The molecular weight excluding hydrogens is 896 g/mol. The van der Waals surface area contributed by atoms with Crippen LogP contribution in [0.5, 0.6) is 5.75 Å². The van der Waals surface area contributed by atoms with Crippen molar-refractivity contribution in [2.24, 2.45) is 0 Å². The van der Waals surface area contributed by atoms with E-state index in [-0.39, 0.29) is 80.7 Å². The van der Waals surface area contributed by atoms with Crippen LogP contribution in [0.2, 0.25) is 10.0 Å². The van der Waals surface area contributed by atoms with Crippen LogP contribution in [0, 0.1) is 5.82 Å². The van der Waals surface area contributed by atoms with Gasteiger partial charge in [-0.3, -0.25) is 43.8 Å². The first-order valence-corrected chi connectivity index (χ1v) is 22.3. The lowest BCUT2D eigenvalue weighted by Crippen LogP contribution is -2.59. The minimum Gasteiger partial charge on any atom is -0.482 e. The first-order valence-electron chi connectivity index (χ1n) is 21.6. The van der Waals surface area contributed by atoms with Crippen LogP contribution in [0.1, 0.15) is 119 Å². The Morgan fingerprint density at radius 1 is 0.939 bits per heavy atom. The number of carbonyl (C=O) groups is 7. The summed E-state index contributed by atoms with van der Waals surface area (Å²) in [5, 5.41) is 15.8. The smallest absolute Gasteiger partial charge is 0.276 e. The Balaban J connectivity index is 0.839. The second-order valence-electron chi connectivity index (χ2n) is 16.5. The lowest BCUT2D eigenvalue weighted by atomic mass is 10.0. The number of piperazine rings is 1. The number of nitrogens with two attached hydrogens (primary N) is 1. The van der Waals surface area contributed by atoms with Gasteiger partial charge in [-0.1, -0.05) is 42.1 Å². The molecule has 7 rings (SSSR count). The summed E-state index contributed by atoms with van der Waals surface area (Å²) in [5.74, 6) is -3.84. The van der Waals surface area contributed by atoms with E-state index < -0.39 is 47.5 Å². The molecule has 2 saturated heterocycles. The number of carbonyl (C=O) groups excluding carboxylic acids is 7. The molecular formula is C46H48Cl2FN9O8. The third-order valence-corrected chi connectivity index (χ3v) is 12.5. The molecule has 17 nitrogen and oxygen atoms in total. The Labute approximate surface area is 389 Å². The summed E-state index contributed by atoms with van der Waals surface area (Å²) in [6.45, 7) is 6.64. The van der Waals surface area contributed by atoms with Gasteiger partial charge in [0.1, 0.15) is 18.0 Å². The van der Waals surface area contributed by atoms with Crippen molar-refractivity contribution in [2.75, 3.05) is 36.0 Å². The molecule has 3 aliphatic rings. The van der Waals surface area contributed by atoms with Gasteiger partial charge in [0.15, 0.2) is 17.3 Å². The highest BCUT2D eigenvalue weighted by molar-refractivity contribution is 6.36. The molecule has 7 amide bonds. The van der Waals surface area contributed by atoms with Gasteiger partial charge in [-0.05, 0) is 88.6 Å². The fraction of sp³-hybridized carbons (Fsp3) is 0.370. The molecule has 4 atom stereocenters. The normalized spacial score (nSPS) is 18.8. The molecule has 1 aromatic heterocycles. The van der Waals surface area contributed by atoms with E-state index in [4.69, 9.17) is 33.7 Å². The molecule has 66 heavy (non-hydrogen) atoms. The van der Waals surface area contributed by atoms with Gasteiger partial charge in [-0.15, -0.1) is 10.2 Å². The SMILES string of the molecule is C[C@@H]1CN(C(=O)c2ccc(NC(=O)c3cc(O[C@H](C)c4c(Cl)ccc(F)c4Cl)c(N)nn3)cc2)C[C@H](C)N1C(=O)CCCCCCNc1cccc2c1C(=O)N(C1CCC(=O)NC1=O)C2=O. The molecule has 5 N–H and O–H groups in total.